The fraction of sp³-hybridized carbons (Fsp3) is 0.150. The molecule has 0 aliphatic rings. The van der Waals surface area contributed by atoms with E-state index in [2.05, 4.69) is 25.1 Å². The zero-order valence-corrected chi connectivity index (χ0v) is 16.8. The number of hydrogen-bond acceptors (Lipinski definition) is 6. The van der Waals surface area contributed by atoms with Gasteiger partial charge >= 0.3 is 0 Å². The second-order valence-electron chi connectivity index (χ2n) is 6.64. The first kappa shape index (κ1) is 18.9. The van der Waals surface area contributed by atoms with Crippen molar-refractivity contribution in [3.05, 3.63) is 72.6 Å². The van der Waals surface area contributed by atoms with Crippen LogP contribution in [0.1, 0.15) is 18.5 Å². The number of nitrogens with zero attached hydrogens (tertiary/aromatic N) is 4. The summed E-state index contributed by atoms with van der Waals surface area (Å²) in [5, 5.41) is 7.21. The molecule has 1 unspecified atom stereocenters. The number of benzene rings is 2. The molecule has 0 aliphatic carbocycles. The SMILES string of the molecule is CC(Nc1nc2ccccc2nc1NS(=O)(=O)c1cnn(C)c1)c1ccccc1. The lowest BCUT2D eigenvalue weighted by atomic mass is 10.1. The Morgan fingerprint density at radius 2 is 1.55 bits per heavy atom. The summed E-state index contributed by atoms with van der Waals surface area (Å²) in [5.74, 6) is 0.489. The van der Waals surface area contributed by atoms with Crippen LogP contribution in [-0.2, 0) is 17.1 Å². The molecule has 0 bridgehead atoms. The van der Waals surface area contributed by atoms with Gasteiger partial charge in [0.05, 0.1) is 23.3 Å². The Morgan fingerprint density at radius 1 is 0.931 bits per heavy atom. The number of aromatic nitrogens is 4. The second-order valence-corrected chi connectivity index (χ2v) is 8.32. The summed E-state index contributed by atoms with van der Waals surface area (Å²) in [6, 6.07) is 17.0. The Balaban J connectivity index is 1.74. The molecule has 0 fully saturated rings. The van der Waals surface area contributed by atoms with Crippen LogP contribution in [0.5, 0.6) is 0 Å². The van der Waals surface area contributed by atoms with Gasteiger partial charge in [-0.2, -0.15) is 5.10 Å². The Hall–Kier alpha value is -3.46. The van der Waals surface area contributed by atoms with E-state index in [-0.39, 0.29) is 16.8 Å². The van der Waals surface area contributed by atoms with Crippen molar-refractivity contribution in [1.82, 2.24) is 19.7 Å². The van der Waals surface area contributed by atoms with E-state index in [9.17, 15) is 8.42 Å². The summed E-state index contributed by atoms with van der Waals surface area (Å²) in [6.45, 7) is 1.98. The van der Waals surface area contributed by atoms with Crippen molar-refractivity contribution in [2.45, 2.75) is 17.9 Å². The molecule has 9 heteroatoms. The van der Waals surface area contributed by atoms with Gasteiger partial charge in [-0.1, -0.05) is 42.5 Å². The number of para-hydroxylation sites is 2. The van der Waals surface area contributed by atoms with E-state index in [0.29, 0.717) is 16.9 Å². The molecule has 29 heavy (non-hydrogen) atoms. The molecule has 4 rings (SSSR count). The lowest BCUT2D eigenvalue weighted by Gasteiger charge is -2.18. The molecule has 2 aromatic carbocycles. The molecular formula is C20H20N6O2S. The van der Waals surface area contributed by atoms with E-state index in [1.165, 1.54) is 17.1 Å². The third-order valence-electron chi connectivity index (χ3n) is 4.45. The number of hydrogen-bond donors (Lipinski definition) is 2. The zero-order valence-electron chi connectivity index (χ0n) is 15.9. The smallest absolute Gasteiger partial charge is 0.266 e. The zero-order chi connectivity index (χ0) is 20.4. The Kier molecular flexibility index (Phi) is 4.89. The molecule has 0 spiro atoms. The van der Waals surface area contributed by atoms with Crippen LogP contribution in [0.15, 0.2) is 71.9 Å². The lowest BCUT2D eigenvalue weighted by Crippen LogP contribution is -2.17. The van der Waals surface area contributed by atoms with Gasteiger partial charge in [0.15, 0.2) is 11.6 Å². The summed E-state index contributed by atoms with van der Waals surface area (Å²) < 4.78 is 29.6. The van der Waals surface area contributed by atoms with Crippen LogP contribution in [-0.4, -0.2) is 28.2 Å². The van der Waals surface area contributed by atoms with Crippen molar-refractivity contribution in [2.24, 2.45) is 7.05 Å². The molecule has 2 heterocycles. The van der Waals surface area contributed by atoms with E-state index < -0.39 is 10.0 Å². The Bertz CT molecular complexity index is 1250. The Labute approximate surface area is 168 Å². The number of nitrogens with one attached hydrogen (secondary N) is 2. The predicted molar refractivity (Wildman–Crippen MR) is 112 cm³/mol. The highest BCUT2D eigenvalue weighted by molar-refractivity contribution is 7.92. The highest BCUT2D eigenvalue weighted by Crippen LogP contribution is 2.27. The number of sulfonamides is 1. The molecule has 148 valence electrons. The molecule has 0 radical (unpaired) electrons. The van der Waals surface area contributed by atoms with Gasteiger partial charge in [0.25, 0.3) is 10.0 Å². The van der Waals surface area contributed by atoms with Gasteiger partial charge in [-0.3, -0.25) is 9.40 Å². The monoisotopic (exact) mass is 408 g/mol. The van der Waals surface area contributed by atoms with E-state index in [1.807, 2.05) is 55.5 Å². The van der Waals surface area contributed by atoms with E-state index in [1.54, 1.807) is 13.1 Å². The first-order valence-corrected chi connectivity index (χ1v) is 10.5. The van der Waals surface area contributed by atoms with Crippen LogP contribution in [0.2, 0.25) is 0 Å². The van der Waals surface area contributed by atoms with Crippen molar-refractivity contribution in [2.75, 3.05) is 10.0 Å². The third-order valence-corrected chi connectivity index (χ3v) is 5.74. The van der Waals surface area contributed by atoms with Gasteiger partial charge in [-0.25, -0.2) is 18.4 Å². The standard InChI is InChI=1S/C20H20N6O2S/c1-14(15-8-4-3-5-9-15)22-19-20(24-18-11-7-6-10-17(18)23-19)25-29(27,28)16-12-21-26(2)13-16/h3-14H,1-2H3,(H,22,23)(H,24,25). The summed E-state index contributed by atoms with van der Waals surface area (Å²) >= 11 is 0. The van der Waals surface area contributed by atoms with E-state index >= 15 is 0 Å². The van der Waals surface area contributed by atoms with Crippen molar-refractivity contribution in [3.63, 3.8) is 0 Å². The van der Waals surface area contributed by atoms with Crippen LogP contribution in [0.25, 0.3) is 11.0 Å². The maximum absolute atomic E-state index is 12.8. The summed E-state index contributed by atoms with van der Waals surface area (Å²) in [5.41, 5.74) is 2.30. The van der Waals surface area contributed by atoms with Gasteiger partial charge < -0.3 is 5.32 Å². The van der Waals surface area contributed by atoms with Crippen LogP contribution in [0, 0.1) is 0 Å². The van der Waals surface area contributed by atoms with Gasteiger partial charge in [0, 0.05) is 13.2 Å². The van der Waals surface area contributed by atoms with E-state index in [0.717, 1.165) is 5.56 Å². The van der Waals surface area contributed by atoms with Crippen LogP contribution in [0.4, 0.5) is 11.6 Å². The third kappa shape index (κ3) is 4.04. The van der Waals surface area contributed by atoms with Crippen molar-refractivity contribution in [3.8, 4) is 0 Å². The topological polar surface area (TPSA) is 102 Å². The summed E-state index contributed by atoms with van der Waals surface area (Å²) in [6.07, 6.45) is 2.72. The number of fused-ring (bicyclic) bond motifs is 1. The molecule has 1 atom stereocenters. The second kappa shape index (κ2) is 7.51. The van der Waals surface area contributed by atoms with Crippen LogP contribution < -0.4 is 10.0 Å². The molecule has 0 amide bonds. The largest absolute Gasteiger partial charge is 0.360 e. The quantitative estimate of drug-likeness (QED) is 0.507. The molecule has 0 saturated carbocycles. The number of rotatable bonds is 6. The summed E-state index contributed by atoms with van der Waals surface area (Å²) in [7, 11) is -2.20. The highest BCUT2D eigenvalue weighted by Gasteiger charge is 2.21. The Morgan fingerprint density at radius 3 is 2.17 bits per heavy atom. The molecule has 0 aliphatic heterocycles. The predicted octanol–water partition coefficient (Wildman–Crippen LogP) is 3.34. The van der Waals surface area contributed by atoms with Gasteiger partial charge in [0.2, 0.25) is 0 Å². The molecule has 2 N–H and O–H groups in total. The van der Waals surface area contributed by atoms with Gasteiger partial charge in [-0.05, 0) is 24.6 Å². The van der Waals surface area contributed by atoms with Crippen LogP contribution in [0.3, 0.4) is 0 Å². The fourth-order valence-electron chi connectivity index (χ4n) is 2.93. The normalized spacial score (nSPS) is 12.6. The van der Waals surface area contributed by atoms with Crippen molar-refractivity contribution < 1.29 is 8.42 Å². The minimum atomic E-state index is -3.86. The van der Waals surface area contributed by atoms with Crippen molar-refractivity contribution in [1.29, 1.82) is 0 Å². The van der Waals surface area contributed by atoms with E-state index in [4.69, 9.17) is 0 Å². The van der Waals surface area contributed by atoms with Gasteiger partial charge in [0.1, 0.15) is 4.90 Å². The average molecular weight is 408 g/mol. The first-order valence-electron chi connectivity index (χ1n) is 9.02. The lowest BCUT2D eigenvalue weighted by molar-refractivity contribution is 0.601. The van der Waals surface area contributed by atoms with Crippen molar-refractivity contribution >= 4 is 32.7 Å². The molecular weight excluding hydrogens is 388 g/mol. The number of anilines is 2. The molecule has 4 aromatic rings. The maximum Gasteiger partial charge on any atom is 0.266 e. The first-order chi connectivity index (χ1) is 13.9. The minimum Gasteiger partial charge on any atom is -0.360 e. The average Bonchev–Trinajstić information content (AvgIpc) is 3.16. The molecule has 0 saturated heterocycles. The molecule has 2 aromatic heterocycles. The minimum absolute atomic E-state index is 0.0528. The number of aryl methyl sites for hydroxylation is 1. The van der Waals surface area contributed by atoms with Gasteiger partial charge in [-0.15, -0.1) is 0 Å². The maximum atomic E-state index is 12.8. The molecule has 8 nitrogen and oxygen atoms in total. The van der Waals surface area contributed by atoms with Crippen LogP contribution >= 0.6 is 0 Å². The highest BCUT2D eigenvalue weighted by atomic mass is 32.2. The fourth-order valence-corrected chi connectivity index (χ4v) is 3.92. The summed E-state index contributed by atoms with van der Waals surface area (Å²) in [4.78, 5) is 9.15.